The summed E-state index contributed by atoms with van der Waals surface area (Å²) in [6.45, 7) is 0. The maximum absolute atomic E-state index is 12.2. The molecule has 0 unspecified atom stereocenters. The van der Waals surface area contributed by atoms with Crippen molar-refractivity contribution < 1.29 is 4.79 Å². The molecule has 0 amide bonds. The Hall–Kier alpha value is -2.00. The second-order valence-electron chi connectivity index (χ2n) is 4.34. The van der Waals surface area contributed by atoms with Gasteiger partial charge in [-0.2, -0.15) is 0 Å². The molecule has 0 spiro atoms. The lowest BCUT2D eigenvalue weighted by Gasteiger charge is -2.12. The summed E-state index contributed by atoms with van der Waals surface area (Å²) >= 11 is 1.63. The second-order valence-corrected chi connectivity index (χ2v) is 5.40. The zero-order valence-corrected chi connectivity index (χ0v) is 11.4. The number of carbonyl (C=O) groups excluding carboxylic acids is 1. The number of anilines is 1. The third kappa shape index (κ3) is 2.29. The zero-order valence-electron chi connectivity index (χ0n) is 10.5. The number of fused-ring (bicyclic) bond motifs is 1. The Bertz CT molecular complexity index is 649. The fourth-order valence-corrected chi connectivity index (χ4v) is 3.13. The van der Waals surface area contributed by atoms with E-state index in [0.717, 1.165) is 16.3 Å². The first-order chi connectivity index (χ1) is 9.25. The maximum Gasteiger partial charge on any atom is 0.188 e. The summed E-state index contributed by atoms with van der Waals surface area (Å²) in [7, 11) is 1.99. The molecule has 0 saturated heterocycles. The number of rotatable bonds is 2. The predicted molar refractivity (Wildman–Crippen MR) is 79.6 cm³/mol. The van der Waals surface area contributed by atoms with Gasteiger partial charge < -0.3 is 4.90 Å². The summed E-state index contributed by atoms with van der Waals surface area (Å²) in [5.41, 5.74) is 1.87. The molecule has 0 aliphatic carbocycles. The fourth-order valence-electron chi connectivity index (χ4n) is 2.04. The van der Waals surface area contributed by atoms with Crippen LogP contribution in [0, 0.1) is 0 Å². The monoisotopic (exact) mass is 267 g/mol. The largest absolute Gasteiger partial charge is 0.338 e. The van der Waals surface area contributed by atoms with Crippen molar-refractivity contribution in [3.63, 3.8) is 0 Å². The van der Waals surface area contributed by atoms with Crippen molar-refractivity contribution >= 4 is 23.2 Å². The van der Waals surface area contributed by atoms with Crippen molar-refractivity contribution in [2.24, 2.45) is 0 Å². The first kappa shape index (κ1) is 12.1. The Morgan fingerprint density at radius 3 is 2.47 bits per heavy atom. The van der Waals surface area contributed by atoms with Crippen molar-refractivity contribution in [3.8, 4) is 0 Å². The van der Waals surface area contributed by atoms with E-state index in [1.54, 1.807) is 17.8 Å². The van der Waals surface area contributed by atoms with Crippen LogP contribution in [0.15, 0.2) is 70.6 Å². The average Bonchev–Trinajstić information content (AvgIpc) is 2.77. The number of ketones is 1. The molecule has 2 aromatic rings. The van der Waals surface area contributed by atoms with Crippen LogP contribution in [-0.4, -0.2) is 12.8 Å². The Kier molecular flexibility index (Phi) is 3.13. The number of carbonyl (C=O) groups is 1. The molecule has 0 N–H and O–H groups in total. The lowest BCUT2D eigenvalue weighted by Crippen LogP contribution is -2.11. The van der Waals surface area contributed by atoms with E-state index in [2.05, 4.69) is 17.0 Å². The van der Waals surface area contributed by atoms with Crippen LogP contribution in [0.4, 0.5) is 5.69 Å². The summed E-state index contributed by atoms with van der Waals surface area (Å²) in [5.74, 6) is 0.0442. The maximum atomic E-state index is 12.2. The third-order valence-corrected chi connectivity index (χ3v) is 4.25. The standard InChI is InChI=1S/C16H13NOS/c1-17-13-9-5-6-10-15(13)19-16(17)11-14(18)12-7-3-2-4-8-12/h2-11H,1H3. The van der Waals surface area contributed by atoms with Gasteiger partial charge in [-0.1, -0.05) is 54.2 Å². The highest BCUT2D eigenvalue weighted by Crippen LogP contribution is 2.44. The summed E-state index contributed by atoms with van der Waals surface area (Å²) in [6, 6.07) is 17.5. The van der Waals surface area contributed by atoms with Gasteiger partial charge >= 0.3 is 0 Å². The van der Waals surface area contributed by atoms with E-state index in [9.17, 15) is 4.79 Å². The summed E-state index contributed by atoms with van der Waals surface area (Å²) in [4.78, 5) is 15.4. The van der Waals surface area contributed by atoms with E-state index in [4.69, 9.17) is 0 Å². The average molecular weight is 267 g/mol. The molecule has 3 rings (SSSR count). The van der Waals surface area contributed by atoms with Gasteiger partial charge in [0.1, 0.15) is 0 Å². The molecule has 1 aliphatic heterocycles. The Morgan fingerprint density at radius 1 is 1.05 bits per heavy atom. The molecule has 0 aromatic heterocycles. The van der Waals surface area contributed by atoms with Crippen LogP contribution in [0.1, 0.15) is 10.4 Å². The van der Waals surface area contributed by atoms with E-state index >= 15 is 0 Å². The molecule has 2 aromatic carbocycles. The van der Waals surface area contributed by atoms with Crippen LogP contribution in [-0.2, 0) is 0 Å². The highest BCUT2D eigenvalue weighted by atomic mass is 32.2. The Labute approximate surface area is 116 Å². The van der Waals surface area contributed by atoms with Gasteiger partial charge in [0.2, 0.25) is 0 Å². The minimum Gasteiger partial charge on any atom is -0.338 e. The Balaban J connectivity index is 1.89. The predicted octanol–water partition coefficient (Wildman–Crippen LogP) is 3.95. The first-order valence-corrected chi connectivity index (χ1v) is 6.89. The van der Waals surface area contributed by atoms with Gasteiger partial charge in [0.15, 0.2) is 5.78 Å². The lowest BCUT2D eigenvalue weighted by atomic mass is 10.1. The highest BCUT2D eigenvalue weighted by Gasteiger charge is 2.22. The lowest BCUT2D eigenvalue weighted by molar-refractivity contribution is 0.104. The van der Waals surface area contributed by atoms with E-state index in [1.807, 2.05) is 49.5 Å². The van der Waals surface area contributed by atoms with E-state index in [1.165, 1.54) is 4.90 Å². The first-order valence-electron chi connectivity index (χ1n) is 6.07. The molecule has 0 atom stereocenters. The minimum atomic E-state index is 0.0442. The second kappa shape index (κ2) is 4.94. The molecule has 0 bridgehead atoms. The van der Waals surface area contributed by atoms with Gasteiger partial charge in [0.05, 0.1) is 10.7 Å². The molecule has 19 heavy (non-hydrogen) atoms. The van der Waals surface area contributed by atoms with Crippen LogP contribution >= 0.6 is 11.8 Å². The van der Waals surface area contributed by atoms with Crippen LogP contribution < -0.4 is 4.90 Å². The van der Waals surface area contributed by atoms with Crippen LogP contribution in [0.2, 0.25) is 0 Å². The zero-order chi connectivity index (χ0) is 13.2. The van der Waals surface area contributed by atoms with Crippen LogP contribution in [0.25, 0.3) is 0 Å². The summed E-state index contributed by atoms with van der Waals surface area (Å²) < 4.78 is 0. The SMILES string of the molecule is CN1C(=CC(=O)c2ccccc2)Sc2ccccc21. The molecule has 0 radical (unpaired) electrons. The fraction of sp³-hybridized carbons (Fsp3) is 0.0625. The minimum absolute atomic E-state index is 0.0442. The molecule has 3 heteroatoms. The highest BCUT2D eigenvalue weighted by molar-refractivity contribution is 8.03. The van der Waals surface area contributed by atoms with Gasteiger partial charge in [0, 0.05) is 23.6 Å². The number of hydrogen-bond acceptors (Lipinski definition) is 3. The van der Waals surface area contributed by atoms with E-state index < -0.39 is 0 Å². The molecule has 1 heterocycles. The van der Waals surface area contributed by atoms with Gasteiger partial charge in [-0.15, -0.1) is 0 Å². The van der Waals surface area contributed by atoms with Crippen LogP contribution in [0.5, 0.6) is 0 Å². The third-order valence-electron chi connectivity index (χ3n) is 3.08. The Morgan fingerprint density at radius 2 is 1.74 bits per heavy atom. The number of allylic oxidation sites excluding steroid dienone is 1. The van der Waals surface area contributed by atoms with E-state index in [-0.39, 0.29) is 5.78 Å². The molecular weight excluding hydrogens is 254 g/mol. The topological polar surface area (TPSA) is 20.3 Å². The smallest absolute Gasteiger partial charge is 0.188 e. The van der Waals surface area contributed by atoms with Gasteiger partial charge in [-0.05, 0) is 12.1 Å². The van der Waals surface area contributed by atoms with Crippen molar-refractivity contribution in [3.05, 3.63) is 71.3 Å². The molecule has 2 nitrogen and oxygen atoms in total. The van der Waals surface area contributed by atoms with Crippen molar-refractivity contribution in [2.75, 3.05) is 11.9 Å². The van der Waals surface area contributed by atoms with Crippen molar-refractivity contribution in [1.29, 1.82) is 0 Å². The van der Waals surface area contributed by atoms with Crippen LogP contribution in [0.3, 0.4) is 0 Å². The number of hydrogen-bond donors (Lipinski definition) is 0. The van der Waals surface area contributed by atoms with E-state index in [0.29, 0.717) is 0 Å². The molecule has 94 valence electrons. The molecule has 0 saturated carbocycles. The van der Waals surface area contributed by atoms with Gasteiger partial charge in [-0.25, -0.2) is 0 Å². The number of thioether (sulfide) groups is 1. The van der Waals surface area contributed by atoms with Crippen molar-refractivity contribution in [1.82, 2.24) is 0 Å². The number of nitrogens with zero attached hydrogens (tertiary/aromatic N) is 1. The molecule has 1 aliphatic rings. The normalized spacial score (nSPS) is 15.6. The summed E-state index contributed by atoms with van der Waals surface area (Å²) in [6.07, 6.45) is 1.71. The summed E-state index contributed by atoms with van der Waals surface area (Å²) in [5, 5.41) is 0.968. The number of benzene rings is 2. The quantitative estimate of drug-likeness (QED) is 0.607. The molecule has 0 fully saturated rings. The molecular formula is C16H13NOS. The number of para-hydroxylation sites is 1. The van der Waals surface area contributed by atoms with Gasteiger partial charge in [0.25, 0.3) is 0 Å². The van der Waals surface area contributed by atoms with Gasteiger partial charge in [-0.3, -0.25) is 4.79 Å². The van der Waals surface area contributed by atoms with Crippen molar-refractivity contribution in [2.45, 2.75) is 4.90 Å².